The fourth-order valence-electron chi connectivity index (χ4n) is 2.69. The van der Waals surface area contributed by atoms with Gasteiger partial charge in [-0.3, -0.25) is 0 Å². The smallest absolute Gasteiger partial charge is 0.184 e. The third kappa shape index (κ3) is 2.30. The summed E-state index contributed by atoms with van der Waals surface area (Å²) in [5, 5.41) is 2.76. The van der Waals surface area contributed by atoms with Gasteiger partial charge < -0.3 is 5.32 Å². The molecule has 1 aromatic carbocycles. The molecular weight excluding hydrogens is 265 g/mol. The van der Waals surface area contributed by atoms with E-state index in [-0.39, 0.29) is 16.9 Å². The summed E-state index contributed by atoms with van der Waals surface area (Å²) in [5.41, 5.74) is 0.569. The van der Waals surface area contributed by atoms with Crippen molar-refractivity contribution in [1.82, 2.24) is 5.32 Å². The predicted octanol–water partition coefficient (Wildman–Crippen LogP) is 2.68. The predicted molar refractivity (Wildman–Crippen MR) is 73.2 cm³/mol. The van der Waals surface area contributed by atoms with Crippen molar-refractivity contribution in [3.63, 3.8) is 0 Å². The Morgan fingerprint density at radius 3 is 2.63 bits per heavy atom. The Labute approximate surface area is 114 Å². The average Bonchev–Trinajstić information content (AvgIpc) is 2.36. The van der Waals surface area contributed by atoms with Gasteiger partial charge in [-0.25, -0.2) is 12.8 Å². The monoisotopic (exact) mass is 285 g/mol. The number of halogens is 1. The number of sulfone groups is 1. The Hall–Kier alpha value is -0.940. The van der Waals surface area contributed by atoms with E-state index >= 15 is 0 Å². The van der Waals surface area contributed by atoms with Crippen LogP contribution < -0.4 is 5.32 Å². The highest BCUT2D eigenvalue weighted by Crippen LogP contribution is 2.41. The molecule has 0 radical (unpaired) electrons. The highest BCUT2D eigenvalue weighted by Gasteiger charge is 2.42. The zero-order valence-electron chi connectivity index (χ0n) is 11.5. The largest absolute Gasteiger partial charge is 0.310 e. The first kappa shape index (κ1) is 14.5. The maximum absolute atomic E-state index is 14.0. The molecule has 1 heterocycles. The van der Waals surface area contributed by atoms with Gasteiger partial charge in [0.05, 0.1) is 5.25 Å². The molecule has 0 amide bonds. The van der Waals surface area contributed by atoms with E-state index in [0.29, 0.717) is 5.56 Å². The summed E-state index contributed by atoms with van der Waals surface area (Å²) in [4.78, 5) is -0.116. The first-order valence-electron chi connectivity index (χ1n) is 6.67. The standard InChI is InChI=1S/C14H20FNO2S/c1-4-8-16-13-9(2)10(3)19(17,18)14-11(13)6-5-7-12(14)15/h5-7,9-10,13,16H,4,8H2,1-3H3. The summed E-state index contributed by atoms with van der Waals surface area (Å²) in [5.74, 6) is -0.717. The molecule has 3 atom stereocenters. The fraction of sp³-hybridized carbons (Fsp3) is 0.571. The Balaban J connectivity index is 2.59. The van der Waals surface area contributed by atoms with Gasteiger partial charge in [-0.1, -0.05) is 26.0 Å². The van der Waals surface area contributed by atoms with Gasteiger partial charge in [-0.05, 0) is 37.4 Å². The normalized spacial score (nSPS) is 28.9. The molecule has 1 aliphatic rings. The second kappa shape index (κ2) is 5.21. The molecule has 106 valence electrons. The number of fused-ring (bicyclic) bond motifs is 1. The molecule has 1 N–H and O–H groups in total. The molecule has 0 bridgehead atoms. The van der Waals surface area contributed by atoms with E-state index in [9.17, 15) is 12.8 Å². The van der Waals surface area contributed by atoms with Crippen molar-refractivity contribution < 1.29 is 12.8 Å². The lowest BCUT2D eigenvalue weighted by Gasteiger charge is -2.36. The molecule has 19 heavy (non-hydrogen) atoms. The lowest BCUT2D eigenvalue weighted by molar-refractivity contribution is 0.354. The minimum atomic E-state index is -3.57. The van der Waals surface area contributed by atoms with Gasteiger partial charge >= 0.3 is 0 Å². The van der Waals surface area contributed by atoms with E-state index in [1.807, 2.05) is 13.8 Å². The van der Waals surface area contributed by atoms with Crippen molar-refractivity contribution >= 4 is 9.84 Å². The summed E-state index contributed by atoms with van der Waals surface area (Å²) in [6, 6.07) is 4.40. The topological polar surface area (TPSA) is 46.2 Å². The van der Waals surface area contributed by atoms with E-state index in [1.54, 1.807) is 19.1 Å². The van der Waals surface area contributed by atoms with Crippen LogP contribution in [0.1, 0.15) is 38.8 Å². The second-order valence-electron chi connectivity index (χ2n) is 5.20. The van der Waals surface area contributed by atoms with Crippen molar-refractivity contribution in [2.75, 3.05) is 6.54 Å². The number of rotatable bonds is 3. The van der Waals surface area contributed by atoms with Gasteiger partial charge in [0.15, 0.2) is 9.84 Å². The maximum atomic E-state index is 14.0. The molecule has 0 saturated heterocycles. The Morgan fingerprint density at radius 1 is 1.32 bits per heavy atom. The van der Waals surface area contributed by atoms with E-state index < -0.39 is 20.9 Å². The molecule has 1 aromatic rings. The van der Waals surface area contributed by atoms with Crippen LogP contribution in [0.2, 0.25) is 0 Å². The molecule has 5 heteroatoms. The summed E-state index contributed by atoms with van der Waals surface area (Å²) in [6.07, 6.45) is 0.953. The first-order chi connectivity index (χ1) is 8.91. The molecule has 3 nitrogen and oxygen atoms in total. The number of hydrogen-bond donors (Lipinski definition) is 1. The minimum Gasteiger partial charge on any atom is -0.310 e. The van der Waals surface area contributed by atoms with Crippen molar-refractivity contribution in [3.8, 4) is 0 Å². The molecule has 2 rings (SSSR count). The lowest BCUT2D eigenvalue weighted by Crippen LogP contribution is -2.42. The van der Waals surface area contributed by atoms with Crippen molar-refractivity contribution in [1.29, 1.82) is 0 Å². The molecular formula is C14H20FNO2S. The van der Waals surface area contributed by atoms with Crippen molar-refractivity contribution in [3.05, 3.63) is 29.6 Å². The third-order valence-electron chi connectivity index (χ3n) is 3.99. The van der Waals surface area contributed by atoms with Crippen LogP contribution in [0, 0.1) is 11.7 Å². The van der Waals surface area contributed by atoms with Crippen LogP contribution in [-0.4, -0.2) is 20.2 Å². The highest BCUT2D eigenvalue weighted by molar-refractivity contribution is 7.92. The quantitative estimate of drug-likeness (QED) is 0.928. The molecule has 0 spiro atoms. The molecule has 0 aromatic heterocycles. The number of hydrogen-bond acceptors (Lipinski definition) is 3. The third-order valence-corrected chi connectivity index (χ3v) is 6.39. The molecule has 0 aliphatic carbocycles. The number of benzene rings is 1. The van der Waals surface area contributed by atoms with E-state index in [1.165, 1.54) is 6.07 Å². The van der Waals surface area contributed by atoms with Crippen molar-refractivity contribution in [2.45, 2.75) is 43.4 Å². The average molecular weight is 285 g/mol. The second-order valence-corrected chi connectivity index (χ2v) is 7.44. The van der Waals surface area contributed by atoms with Gasteiger partial charge in [0.2, 0.25) is 0 Å². The summed E-state index contributed by atoms with van der Waals surface area (Å²) in [7, 11) is -3.57. The Morgan fingerprint density at radius 2 is 2.00 bits per heavy atom. The van der Waals surface area contributed by atoms with Crippen LogP contribution in [-0.2, 0) is 9.84 Å². The zero-order chi connectivity index (χ0) is 14.2. The van der Waals surface area contributed by atoms with Gasteiger partial charge in [0.25, 0.3) is 0 Å². The zero-order valence-corrected chi connectivity index (χ0v) is 12.3. The van der Waals surface area contributed by atoms with Gasteiger partial charge in [-0.15, -0.1) is 0 Å². The summed E-state index contributed by atoms with van der Waals surface area (Å²) >= 11 is 0. The van der Waals surface area contributed by atoms with E-state index in [4.69, 9.17) is 0 Å². The van der Waals surface area contributed by atoms with Gasteiger partial charge in [-0.2, -0.15) is 0 Å². The maximum Gasteiger partial charge on any atom is 0.184 e. The lowest BCUT2D eigenvalue weighted by atomic mass is 9.91. The number of nitrogens with one attached hydrogen (secondary N) is 1. The van der Waals surface area contributed by atoms with Crippen LogP contribution in [0.5, 0.6) is 0 Å². The van der Waals surface area contributed by atoms with Crippen LogP contribution >= 0.6 is 0 Å². The Bertz CT molecular complexity index is 571. The SMILES string of the molecule is CCCNC1c2cccc(F)c2S(=O)(=O)C(C)C1C. The van der Waals surface area contributed by atoms with E-state index in [2.05, 4.69) is 5.32 Å². The van der Waals surface area contributed by atoms with Crippen LogP contribution in [0.15, 0.2) is 23.1 Å². The molecule has 3 unspecified atom stereocenters. The molecule has 1 aliphatic heterocycles. The first-order valence-corrected chi connectivity index (χ1v) is 8.21. The highest BCUT2D eigenvalue weighted by atomic mass is 32.2. The summed E-state index contributed by atoms with van der Waals surface area (Å²) < 4.78 is 38.7. The van der Waals surface area contributed by atoms with Crippen LogP contribution in [0.3, 0.4) is 0 Å². The van der Waals surface area contributed by atoms with Gasteiger partial charge in [0, 0.05) is 6.04 Å². The summed E-state index contributed by atoms with van der Waals surface area (Å²) in [6.45, 7) is 6.41. The van der Waals surface area contributed by atoms with Crippen LogP contribution in [0.25, 0.3) is 0 Å². The molecule has 0 fully saturated rings. The minimum absolute atomic E-state index is 0.0779. The van der Waals surface area contributed by atoms with Crippen molar-refractivity contribution in [2.24, 2.45) is 5.92 Å². The van der Waals surface area contributed by atoms with Crippen LogP contribution in [0.4, 0.5) is 4.39 Å². The fourth-order valence-corrected chi connectivity index (χ4v) is 4.65. The van der Waals surface area contributed by atoms with E-state index in [0.717, 1.165) is 13.0 Å². The van der Waals surface area contributed by atoms with Gasteiger partial charge in [0.1, 0.15) is 10.7 Å². The Kier molecular flexibility index (Phi) is 3.97. The molecule has 0 saturated carbocycles.